The number of carbonyl (C=O) groups excluding carboxylic acids is 1. The Labute approximate surface area is 174 Å². The second kappa shape index (κ2) is 6.78. The molecule has 0 radical (unpaired) electrons. The molecule has 150 valence electrons. The van der Waals surface area contributed by atoms with Gasteiger partial charge in [-0.25, -0.2) is 0 Å². The number of carbonyl (C=O) groups is 1. The first kappa shape index (κ1) is 18.5. The van der Waals surface area contributed by atoms with Crippen molar-refractivity contribution >= 4 is 11.6 Å². The Morgan fingerprint density at radius 1 is 0.900 bits per heavy atom. The number of nitrogens with one attached hydrogen (secondary N) is 1. The predicted molar refractivity (Wildman–Crippen MR) is 114 cm³/mol. The maximum Gasteiger partial charge on any atom is 0.252 e. The van der Waals surface area contributed by atoms with Gasteiger partial charge in [0.05, 0.1) is 5.92 Å². The molecule has 4 atom stereocenters. The van der Waals surface area contributed by atoms with E-state index in [0.717, 1.165) is 22.4 Å². The maximum atomic E-state index is 13.8. The molecule has 1 spiro atoms. The Morgan fingerprint density at radius 3 is 2.10 bits per heavy atom. The number of anilines is 1. The van der Waals surface area contributed by atoms with Crippen molar-refractivity contribution < 1.29 is 9.72 Å². The van der Waals surface area contributed by atoms with Crippen LogP contribution >= 0.6 is 0 Å². The van der Waals surface area contributed by atoms with E-state index in [1.54, 1.807) is 11.9 Å². The van der Waals surface area contributed by atoms with Gasteiger partial charge in [0.25, 0.3) is 5.91 Å². The molecule has 5 rings (SSSR count). The van der Waals surface area contributed by atoms with Crippen molar-refractivity contribution in [3.8, 4) is 0 Å². The molecule has 0 saturated carbocycles. The highest BCUT2D eigenvalue weighted by Gasteiger charge is 2.67. The molecular formula is C24H21N3O3. The molecular weight excluding hydrogens is 378 g/mol. The molecule has 0 bridgehead atoms. The van der Waals surface area contributed by atoms with Crippen molar-refractivity contribution in [2.45, 2.75) is 23.5 Å². The molecule has 2 heterocycles. The third-order valence-corrected chi connectivity index (χ3v) is 6.43. The van der Waals surface area contributed by atoms with Gasteiger partial charge in [0.2, 0.25) is 6.04 Å². The van der Waals surface area contributed by atoms with E-state index in [4.69, 9.17) is 0 Å². The van der Waals surface area contributed by atoms with E-state index >= 15 is 0 Å². The highest BCUT2D eigenvalue weighted by molar-refractivity contribution is 6.08. The van der Waals surface area contributed by atoms with Crippen molar-refractivity contribution in [1.82, 2.24) is 5.32 Å². The number of hydrogen-bond donors (Lipinski definition) is 1. The van der Waals surface area contributed by atoms with Gasteiger partial charge in [-0.15, -0.1) is 0 Å². The molecule has 0 aliphatic carbocycles. The number of para-hydroxylation sites is 1. The third-order valence-electron chi connectivity index (χ3n) is 6.43. The first-order chi connectivity index (χ1) is 14.6. The van der Waals surface area contributed by atoms with E-state index in [0.29, 0.717) is 0 Å². The minimum absolute atomic E-state index is 0.164. The van der Waals surface area contributed by atoms with Gasteiger partial charge >= 0.3 is 0 Å². The van der Waals surface area contributed by atoms with E-state index in [1.807, 2.05) is 84.9 Å². The molecule has 1 N–H and O–H groups in total. The Hall–Kier alpha value is -3.51. The molecule has 1 amide bonds. The summed E-state index contributed by atoms with van der Waals surface area (Å²) < 4.78 is 0. The maximum absolute atomic E-state index is 13.8. The van der Waals surface area contributed by atoms with Crippen LogP contribution in [0.15, 0.2) is 84.9 Å². The zero-order valence-electron chi connectivity index (χ0n) is 16.4. The van der Waals surface area contributed by atoms with Crippen molar-refractivity contribution in [3.05, 3.63) is 112 Å². The molecule has 1 fully saturated rings. The van der Waals surface area contributed by atoms with Crippen LogP contribution in [0, 0.1) is 10.1 Å². The summed E-state index contributed by atoms with van der Waals surface area (Å²) in [5.74, 6) is -0.819. The standard InChI is InChI=1S/C24H21N3O3/c1-26-19-15-9-8-14-18(19)24(23(26)28)20(16-10-4-2-5-11-16)22(27(29)30)21(25-24)17-12-6-3-7-13-17/h2-15,20-22,25H,1H3/t20-,21-,22-,24+/m0/s1. The smallest absolute Gasteiger partial charge is 0.252 e. The lowest BCUT2D eigenvalue weighted by atomic mass is 9.74. The van der Waals surface area contributed by atoms with Crippen LogP contribution in [-0.2, 0) is 10.3 Å². The molecule has 0 aromatic heterocycles. The fourth-order valence-corrected chi connectivity index (χ4v) is 5.19. The lowest BCUT2D eigenvalue weighted by Crippen LogP contribution is -2.50. The van der Waals surface area contributed by atoms with Crippen molar-refractivity contribution in [2.24, 2.45) is 0 Å². The summed E-state index contributed by atoms with van der Waals surface area (Å²) in [4.78, 5) is 27.6. The first-order valence-corrected chi connectivity index (χ1v) is 9.94. The largest absolute Gasteiger partial charge is 0.313 e. The molecule has 1 saturated heterocycles. The summed E-state index contributed by atoms with van der Waals surface area (Å²) in [6.07, 6.45) is 0. The van der Waals surface area contributed by atoms with Crippen molar-refractivity contribution in [2.75, 3.05) is 11.9 Å². The number of benzene rings is 3. The van der Waals surface area contributed by atoms with Crippen LogP contribution in [-0.4, -0.2) is 23.9 Å². The topological polar surface area (TPSA) is 75.5 Å². The van der Waals surface area contributed by atoms with Crippen molar-refractivity contribution in [3.63, 3.8) is 0 Å². The fourth-order valence-electron chi connectivity index (χ4n) is 5.19. The number of fused-ring (bicyclic) bond motifs is 2. The normalized spacial score (nSPS) is 27.4. The predicted octanol–water partition coefficient (Wildman–Crippen LogP) is 3.63. The van der Waals surface area contributed by atoms with Gasteiger partial charge in [0.15, 0.2) is 0 Å². The van der Waals surface area contributed by atoms with Gasteiger partial charge in [-0.2, -0.15) is 0 Å². The summed E-state index contributed by atoms with van der Waals surface area (Å²) >= 11 is 0. The van der Waals surface area contributed by atoms with E-state index < -0.39 is 23.5 Å². The van der Waals surface area contributed by atoms with Crippen molar-refractivity contribution in [1.29, 1.82) is 0 Å². The van der Waals surface area contributed by atoms with Crippen LogP contribution in [0.2, 0.25) is 0 Å². The third kappa shape index (κ3) is 2.44. The SMILES string of the molecule is CN1C(=O)[C@@]2(N[C@@H](c3ccccc3)[C@@H]([N+](=O)[O-])[C@@H]2c2ccccc2)c2ccccc21. The Morgan fingerprint density at radius 2 is 1.47 bits per heavy atom. The summed E-state index contributed by atoms with van der Waals surface area (Å²) in [6, 6.07) is 24.7. The minimum Gasteiger partial charge on any atom is -0.313 e. The Kier molecular flexibility index (Phi) is 4.18. The number of likely N-dealkylation sites (N-methyl/N-ethyl adjacent to an activating group) is 1. The van der Waals surface area contributed by atoms with E-state index in [9.17, 15) is 14.9 Å². The van der Waals surface area contributed by atoms with Crippen LogP contribution in [0.1, 0.15) is 28.7 Å². The molecule has 0 unspecified atom stereocenters. The van der Waals surface area contributed by atoms with E-state index in [2.05, 4.69) is 5.32 Å². The first-order valence-electron chi connectivity index (χ1n) is 9.94. The molecule has 2 aliphatic heterocycles. The number of amides is 1. The molecule has 3 aromatic rings. The van der Waals surface area contributed by atoms with Crippen LogP contribution < -0.4 is 10.2 Å². The van der Waals surface area contributed by atoms with Gasteiger partial charge in [-0.3, -0.25) is 20.2 Å². The van der Waals surface area contributed by atoms with E-state index in [1.165, 1.54) is 0 Å². The molecule has 6 heteroatoms. The van der Waals surface area contributed by atoms with Gasteiger partial charge in [-0.05, 0) is 17.2 Å². The lowest BCUT2D eigenvalue weighted by Gasteiger charge is -2.30. The number of nitrogens with zero attached hydrogens (tertiary/aromatic N) is 2. The summed E-state index contributed by atoms with van der Waals surface area (Å²) in [5.41, 5.74) is 1.95. The molecule has 6 nitrogen and oxygen atoms in total. The van der Waals surface area contributed by atoms with Crippen LogP contribution in [0.25, 0.3) is 0 Å². The zero-order chi connectivity index (χ0) is 20.9. The highest BCUT2D eigenvalue weighted by atomic mass is 16.6. The van der Waals surface area contributed by atoms with Crippen LogP contribution in [0.4, 0.5) is 5.69 Å². The highest BCUT2D eigenvalue weighted by Crippen LogP contribution is 2.56. The quantitative estimate of drug-likeness (QED) is 0.539. The van der Waals surface area contributed by atoms with Gasteiger partial charge in [0.1, 0.15) is 11.6 Å². The number of hydrogen-bond acceptors (Lipinski definition) is 4. The van der Waals surface area contributed by atoms with Crippen LogP contribution in [0.3, 0.4) is 0 Å². The van der Waals surface area contributed by atoms with E-state index in [-0.39, 0.29) is 10.8 Å². The minimum atomic E-state index is -1.20. The second-order valence-electron chi connectivity index (χ2n) is 7.89. The van der Waals surface area contributed by atoms with Crippen LogP contribution in [0.5, 0.6) is 0 Å². The summed E-state index contributed by atoms with van der Waals surface area (Å²) in [6.45, 7) is 0. The Balaban J connectivity index is 1.80. The number of nitro groups is 1. The summed E-state index contributed by atoms with van der Waals surface area (Å²) in [5, 5.41) is 15.9. The van der Waals surface area contributed by atoms with Gasteiger partial charge in [-0.1, -0.05) is 78.9 Å². The van der Waals surface area contributed by atoms with Gasteiger partial charge < -0.3 is 4.90 Å². The monoisotopic (exact) mass is 399 g/mol. The second-order valence-corrected chi connectivity index (χ2v) is 7.89. The summed E-state index contributed by atoms with van der Waals surface area (Å²) in [7, 11) is 1.73. The average Bonchev–Trinajstić information content (AvgIpc) is 3.25. The average molecular weight is 399 g/mol. The Bertz CT molecular complexity index is 1120. The number of rotatable bonds is 3. The lowest BCUT2D eigenvalue weighted by molar-refractivity contribution is -0.527. The zero-order valence-corrected chi connectivity index (χ0v) is 16.4. The molecule has 3 aromatic carbocycles. The fraction of sp³-hybridized carbons (Fsp3) is 0.208. The molecule has 2 aliphatic rings. The van der Waals surface area contributed by atoms with Gasteiger partial charge in [0, 0.05) is 23.2 Å². The molecule has 30 heavy (non-hydrogen) atoms.